The largest absolute Gasteiger partial charge is 0.369 e. The third-order valence-corrected chi connectivity index (χ3v) is 3.00. The van der Waals surface area contributed by atoms with Crippen molar-refractivity contribution in [3.63, 3.8) is 0 Å². The third-order valence-electron chi connectivity index (χ3n) is 3.00. The van der Waals surface area contributed by atoms with Crippen LogP contribution in [0.3, 0.4) is 0 Å². The quantitative estimate of drug-likeness (QED) is 0.668. The van der Waals surface area contributed by atoms with Crippen LogP contribution in [0.2, 0.25) is 0 Å². The predicted octanol–water partition coefficient (Wildman–Crippen LogP) is 1.21. The second-order valence-corrected chi connectivity index (χ2v) is 4.62. The number of pyridine rings is 1. The summed E-state index contributed by atoms with van der Waals surface area (Å²) in [6.07, 6.45) is 2.51. The van der Waals surface area contributed by atoms with Gasteiger partial charge in [0.1, 0.15) is 11.9 Å². The number of carbonyl (C=O) groups excluding carboxylic acids is 1. The second kappa shape index (κ2) is 9.72. The van der Waals surface area contributed by atoms with Crippen molar-refractivity contribution in [3.05, 3.63) is 23.9 Å². The lowest BCUT2D eigenvalue weighted by atomic mass is 10.3. The molecule has 0 radical (unpaired) electrons. The van der Waals surface area contributed by atoms with Crippen LogP contribution < -0.4 is 10.6 Å². The molecule has 1 amide bonds. The number of nitrogens with zero attached hydrogens (tertiary/aromatic N) is 3. The van der Waals surface area contributed by atoms with Gasteiger partial charge in [-0.1, -0.05) is 6.92 Å². The number of likely N-dealkylation sites (N-methyl/N-ethyl adjacent to an activating group) is 1. The first kappa shape index (κ1) is 16.9. The SMILES string of the molecule is CCCN(CC)C(=O)CNCCNc1ccc(C#N)cn1. The van der Waals surface area contributed by atoms with Crippen LogP contribution in [0.15, 0.2) is 18.3 Å². The van der Waals surface area contributed by atoms with E-state index in [0.29, 0.717) is 25.2 Å². The molecule has 0 aliphatic heterocycles. The Kier molecular flexibility index (Phi) is 7.84. The zero-order chi connectivity index (χ0) is 15.5. The molecule has 0 saturated heterocycles. The Morgan fingerprint density at radius 3 is 2.76 bits per heavy atom. The Bertz CT molecular complexity index is 466. The van der Waals surface area contributed by atoms with Gasteiger partial charge in [0.05, 0.1) is 12.1 Å². The lowest BCUT2D eigenvalue weighted by molar-refractivity contribution is -0.130. The zero-order valence-corrected chi connectivity index (χ0v) is 12.7. The summed E-state index contributed by atoms with van der Waals surface area (Å²) in [6, 6.07) is 5.51. The Morgan fingerprint density at radius 2 is 2.19 bits per heavy atom. The highest BCUT2D eigenvalue weighted by Crippen LogP contribution is 2.02. The molecule has 6 heteroatoms. The molecule has 1 heterocycles. The van der Waals surface area contributed by atoms with Gasteiger partial charge in [0, 0.05) is 32.4 Å². The van der Waals surface area contributed by atoms with E-state index in [1.807, 2.05) is 17.9 Å². The summed E-state index contributed by atoms with van der Waals surface area (Å²) in [6.45, 7) is 7.33. The van der Waals surface area contributed by atoms with Gasteiger partial charge in [-0.3, -0.25) is 4.79 Å². The fraction of sp³-hybridized carbons (Fsp3) is 0.533. The Balaban J connectivity index is 2.19. The van der Waals surface area contributed by atoms with Gasteiger partial charge in [-0.25, -0.2) is 4.98 Å². The van der Waals surface area contributed by atoms with E-state index in [0.717, 1.165) is 25.3 Å². The normalized spacial score (nSPS) is 9.95. The van der Waals surface area contributed by atoms with E-state index in [9.17, 15) is 4.79 Å². The first-order valence-corrected chi connectivity index (χ1v) is 7.29. The average Bonchev–Trinajstić information content (AvgIpc) is 2.52. The highest BCUT2D eigenvalue weighted by molar-refractivity contribution is 5.78. The lowest BCUT2D eigenvalue weighted by Gasteiger charge is -2.20. The molecule has 114 valence electrons. The number of aromatic nitrogens is 1. The summed E-state index contributed by atoms with van der Waals surface area (Å²) in [4.78, 5) is 17.8. The van der Waals surface area contributed by atoms with Gasteiger partial charge >= 0.3 is 0 Å². The van der Waals surface area contributed by atoms with Crippen LogP contribution in [0.1, 0.15) is 25.8 Å². The molecule has 1 aromatic heterocycles. The van der Waals surface area contributed by atoms with Crippen molar-refractivity contribution >= 4 is 11.7 Å². The third kappa shape index (κ3) is 6.23. The topological polar surface area (TPSA) is 81.0 Å². The molecular formula is C15H23N5O. The van der Waals surface area contributed by atoms with Gasteiger partial charge in [-0.2, -0.15) is 5.26 Å². The van der Waals surface area contributed by atoms with Crippen LogP contribution in [0.25, 0.3) is 0 Å². The van der Waals surface area contributed by atoms with Crippen molar-refractivity contribution in [2.24, 2.45) is 0 Å². The van der Waals surface area contributed by atoms with E-state index in [1.54, 1.807) is 12.1 Å². The van der Waals surface area contributed by atoms with Crippen molar-refractivity contribution in [1.29, 1.82) is 5.26 Å². The Labute approximate surface area is 126 Å². The molecule has 6 nitrogen and oxygen atoms in total. The molecule has 0 aliphatic rings. The monoisotopic (exact) mass is 289 g/mol. The van der Waals surface area contributed by atoms with E-state index in [-0.39, 0.29) is 5.91 Å². The van der Waals surface area contributed by atoms with E-state index >= 15 is 0 Å². The minimum absolute atomic E-state index is 0.135. The fourth-order valence-electron chi connectivity index (χ4n) is 1.88. The highest BCUT2D eigenvalue weighted by atomic mass is 16.2. The van der Waals surface area contributed by atoms with Crippen molar-refractivity contribution in [3.8, 4) is 6.07 Å². The number of amides is 1. The Morgan fingerprint density at radius 1 is 1.38 bits per heavy atom. The van der Waals surface area contributed by atoms with Crippen LogP contribution in [0.5, 0.6) is 0 Å². The second-order valence-electron chi connectivity index (χ2n) is 4.62. The molecular weight excluding hydrogens is 266 g/mol. The van der Waals surface area contributed by atoms with E-state index in [1.165, 1.54) is 6.20 Å². The van der Waals surface area contributed by atoms with Gasteiger partial charge in [-0.05, 0) is 25.5 Å². The number of anilines is 1. The summed E-state index contributed by atoms with van der Waals surface area (Å²) in [5.41, 5.74) is 0.542. The number of carbonyl (C=O) groups is 1. The van der Waals surface area contributed by atoms with Crippen molar-refractivity contribution in [1.82, 2.24) is 15.2 Å². The van der Waals surface area contributed by atoms with Crippen molar-refractivity contribution in [2.75, 3.05) is 38.0 Å². The average molecular weight is 289 g/mol. The summed E-state index contributed by atoms with van der Waals surface area (Å²) >= 11 is 0. The summed E-state index contributed by atoms with van der Waals surface area (Å²) in [5.74, 6) is 0.860. The van der Waals surface area contributed by atoms with Crippen LogP contribution in [-0.4, -0.2) is 48.5 Å². The highest BCUT2D eigenvalue weighted by Gasteiger charge is 2.09. The molecule has 0 spiro atoms. The molecule has 0 fully saturated rings. The van der Waals surface area contributed by atoms with Crippen LogP contribution >= 0.6 is 0 Å². The van der Waals surface area contributed by atoms with Gasteiger partial charge < -0.3 is 15.5 Å². The van der Waals surface area contributed by atoms with Gasteiger partial charge in [0.15, 0.2) is 0 Å². The smallest absolute Gasteiger partial charge is 0.236 e. The number of hydrogen-bond donors (Lipinski definition) is 2. The molecule has 0 aromatic carbocycles. The zero-order valence-electron chi connectivity index (χ0n) is 12.7. The van der Waals surface area contributed by atoms with Crippen LogP contribution in [-0.2, 0) is 4.79 Å². The summed E-state index contributed by atoms with van der Waals surface area (Å²) < 4.78 is 0. The van der Waals surface area contributed by atoms with Gasteiger partial charge in [0.25, 0.3) is 0 Å². The molecule has 0 bridgehead atoms. The molecule has 0 saturated carbocycles. The first-order chi connectivity index (χ1) is 10.2. The molecule has 0 atom stereocenters. The van der Waals surface area contributed by atoms with E-state index in [2.05, 4.69) is 22.5 Å². The summed E-state index contributed by atoms with van der Waals surface area (Å²) in [5, 5.41) is 14.9. The minimum atomic E-state index is 0.135. The number of nitriles is 1. The summed E-state index contributed by atoms with van der Waals surface area (Å²) in [7, 11) is 0. The maximum Gasteiger partial charge on any atom is 0.236 e. The molecule has 0 unspecified atom stereocenters. The van der Waals surface area contributed by atoms with E-state index < -0.39 is 0 Å². The molecule has 2 N–H and O–H groups in total. The molecule has 21 heavy (non-hydrogen) atoms. The predicted molar refractivity (Wildman–Crippen MR) is 82.9 cm³/mol. The number of rotatable bonds is 9. The standard InChI is InChI=1S/C15H23N5O/c1-3-9-20(4-2)15(21)12-17-7-8-18-14-6-5-13(10-16)11-19-14/h5-6,11,17H,3-4,7-9,12H2,1-2H3,(H,18,19). The van der Waals surface area contributed by atoms with Gasteiger partial charge in [-0.15, -0.1) is 0 Å². The Hall–Kier alpha value is -2.13. The maximum atomic E-state index is 11.9. The van der Waals surface area contributed by atoms with Crippen LogP contribution in [0, 0.1) is 11.3 Å². The van der Waals surface area contributed by atoms with Crippen LogP contribution in [0.4, 0.5) is 5.82 Å². The lowest BCUT2D eigenvalue weighted by Crippen LogP contribution is -2.39. The molecule has 1 rings (SSSR count). The van der Waals surface area contributed by atoms with Gasteiger partial charge in [0.2, 0.25) is 5.91 Å². The van der Waals surface area contributed by atoms with E-state index in [4.69, 9.17) is 5.26 Å². The number of hydrogen-bond acceptors (Lipinski definition) is 5. The van der Waals surface area contributed by atoms with Crippen molar-refractivity contribution < 1.29 is 4.79 Å². The fourth-order valence-corrected chi connectivity index (χ4v) is 1.88. The van der Waals surface area contributed by atoms with Crippen molar-refractivity contribution in [2.45, 2.75) is 20.3 Å². The minimum Gasteiger partial charge on any atom is -0.369 e. The first-order valence-electron chi connectivity index (χ1n) is 7.29. The maximum absolute atomic E-state index is 11.9. The molecule has 1 aromatic rings. The number of nitrogens with one attached hydrogen (secondary N) is 2. The molecule has 0 aliphatic carbocycles.